The molecule has 1 N–H and O–H groups in total. The molecular formula is C27H23FO3. The van der Waals surface area contributed by atoms with Crippen LogP contribution >= 0.6 is 0 Å². The van der Waals surface area contributed by atoms with Crippen molar-refractivity contribution in [1.29, 1.82) is 0 Å². The predicted molar refractivity (Wildman–Crippen MR) is 119 cm³/mol. The molecule has 0 heterocycles. The van der Waals surface area contributed by atoms with E-state index in [1.54, 1.807) is 13.2 Å². The Morgan fingerprint density at radius 3 is 1.81 bits per heavy atom. The minimum atomic E-state index is -0.973. The number of phenolic OH excluding ortho intramolecular Hbond substituents is 1. The molecule has 0 spiro atoms. The number of benzene rings is 4. The molecule has 0 unspecified atom stereocenters. The Hall–Kier alpha value is -3.63. The van der Waals surface area contributed by atoms with Gasteiger partial charge in [0.15, 0.2) is 0 Å². The molecule has 0 atom stereocenters. The summed E-state index contributed by atoms with van der Waals surface area (Å²) >= 11 is 0. The molecule has 3 nitrogen and oxygen atoms in total. The molecule has 31 heavy (non-hydrogen) atoms. The van der Waals surface area contributed by atoms with Gasteiger partial charge < -0.3 is 14.6 Å². The zero-order chi connectivity index (χ0) is 21.7. The molecule has 0 aromatic heterocycles. The normalized spacial score (nSPS) is 11.3. The molecule has 0 bridgehead atoms. The van der Waals surface area contributed by atoms with Gasteiger partial charge in [0.05, 0.1) is 13.7 Å². The molecule has 0 aliphatic rings. The number of hydrogen-bond acceptors (Lipinski definition) is 3. The van der Waals surface area contributed by atoms with Crippen molar-refractivity contribution in [1.82, 2.24) is 0 Å². The summed E-state index contributed by atoms with van der Waals surface area (Å²) in [5, 5.41) is 9.56. The quantitative estimate of drug-likeness (QED) is 0.374. The molecule has 0 amide bonds. The van der Waals surface area contributed by atoms with Gasteiger partial charge in [0.2, 0.25) is 0 Å². The number of ether oxygens (including phenoxy) is 2. The number of methoxy groups -OCH3 is 1. The van der Waals surface area contributed by atoms with Crippen LogP contribution < -0.4 is 4.74 Å². The summed E-state index contributed by atoms with van der Waals surface area (Å²) in [6, 6.07) is 31.6. The highest BCUT2D eigenvalue weighted by Crippen LogP contribution is 2.41. The summed E-state index contributed by atoms with van der Waals surface area (Å²) in [4.78, 5) is 0. The molecule has 0 saturated heterocycles. The lowest BCUT2D eigenvalue weighted by atomic mass is 9.80. The van der Waals surface area contributed by atoms with Crippen molar-refractivity contribution in [2.75, 3.05) is 7.11 Å². The van der Waals surface area contributed by atoms with Gasteiger partial charge in [-0.05, 0) is 34.9 Å². The van der Waals surface area contributed by atoms with E-state index < -0.39 is 11.4 Å². The van der Waals surface area contributed by atoms with Gasteiger partial charge in [-0.25, -0.2) is 4.39 Å². The SMILES string of the molecule is COc1ccc(C(OCc2ccc(O)cc2F)(c2ccccc2)c2ccccc2)cc1. The Kier molecular flexibility index (Phi) is 6.01. The van der Waals surface area contributed by atoms with E-state index in [4.69, 9.17) is 9.47 Å². The molecule has 0 radical (unpaired) electrons. The van der Waals surface area contributed by atoms with Crippen molar-refractivity contribution in [2.45, 2.75) is 12.2 Å². The van der Waals surface area contributed by atoms with Gasteiger partial charge in [0, 0.05) is 11.6 Å². The van der Waals surface area contributed by atoms with Gasteiger partial charge in [0.1, 0.15) is 22.9 Å². The molecule has 4 aromatic rings. The zero-order valence-corrected chi connectivity index (χ0v) is 17.2. The highest BCUT2D eigenvalue weighted by molar-refractivity contribution is 5.48. The maximum absolute atomic E-state index is 14.5. The van der Waals surface area contributed by atoms with Crippen LogP contribution in [0.5, 0.6) is 11.5 Å². The minimum Gasteiger partial charge on any atom is -0.508 e. The lowest BCUT2D eigenvalue weighted by Gasteiger charge is -2.36. The van der Waals surface area contributed by atoms with Gasteiger partial charge in [-0.2, -0.15) is 0 Å². The second-order valence-electron chi connectivity index (χ2n) is 7.21. The molecule has 156 valence electrons. The third-order valence-electron chi connectivity index (χ3n) is 5.34. The van der Waals surface area contributed by atoms with Crippen LogP contribution in [0.4, 0.5) is 4.39 Å². The fourth-order valence-electron chi connectivity index (χ4n) is 3.76. The van der Waals surface area contributed by atoms with Gasteiger partial charge in [-0.3, -0.25) is 0 Å². The average Bonchev–Trinajstić information content (AvgIpc) is 2.82. The lowest BCUT2D eigenvalue weighted by Crippen LogP contribution is -2.33. The Morgan fingerprint density at radius 2 is 1.29 bits per heavy atom. The first kappa shape index (κ1) is 20.6. The molecule has 4 heteroatoms. The molecule has 0 saturated carbocycles. The number of halogens is 1. The highest BCUT2D eigenvalue weighted by Gasteiger charge is 2.37. The Morgan fingerprint density at radius 1 is 0.742 bits per heavy atom. The Labute approximate surface area is 181 Å². The second-order valence-corrected chi connectivity index (χ2v) is 7.21. The fourth-order valence-corrected chi connectivity index (χ4v) is 3.76. The maximum Gasteiger partial charge on any atom is 0.144 e. The van der Waals surface area contributed by atoms with E-state index in [9.17, 15) is 9.50 Å². The molecular weight excluding hydrogens is 391 g/mol. The molecule has 4 aromatic carbocycles. The third kappa shape index (κ3) is 4.16. The van der Waals surface area contributed by atoms with Crippen LogP contribution in [-0.2, 0) is 16.9 Å². The number of phenols is 1. The number of rotatable bonds is 7. The first-order valence-corrected chi connectivity index (χ1v) is 10.0. The minimum absolute atomic E-state index is 0.0158. The van der Waals surface area contributed by atoms with Crippen LogP contribution in [0.1, 0.15) is 22.3 Å². The van der Waals surface area contributed by atoms with Crippen molar-refractivity contribution >= 4 is 0 Å². The number of hydrogen-bond donors (Lipinski definition) is 1. The summed E-state index contributed by atoms with van der Waals surface area (Å²) < 4.78 is 26.4. The van der Waals surface area contributed by atoms with E-state index in [2.05, 4.69) is 0 Å². The molecule has 0 aliphatic carbocycles. The summed E-state index contributed by atoms with van der Waals surface area (Å²) in [6.07, 6.45) is 0. The van der Waals surface area contributed by atoms with Crippen LogP contribution in [0, 0.1) is 5.82 Å². The average molecular weight is 414 g/mol. The molecule has 4 rings (SSSR count). The van der Waals surface area contributed by atoms with Crippen LogP contribution in [0.25, 0.3) is 0 Å². The summed E-state index contributed by atoms with van der Waals surface area (Å²) in [7, 11) is 1.63. The van der Waals surface area contributed by atoms with Crippen molar-refractivity contribution in [3.8, 4) is 11.5 Å². The van der Waals surface area contributed by atoms with Gasteiger partial charge in [-0.1, -0.05) is 78.9 Å². The largest absolute Gasteiger partial charge is 0.508 e. The smallest absolute Gasteiger partial charge is 0.144 e. The standard InChI is InChI=1S/C27H23FO3/c1-30-25-16-13-23(14-17-25)27(21-8-4-2-5-9-21,22-10-6-3-7-11-22)31-19-20-12-15-24(29)18-26(20)28/h2-18,29H,19H2,1H3. The monoisotopic (exact) mass is 414 g/mol. The van der Waals surface area contributed by atoms with Crippen LogP contribution in [0.15, 0.2) is 103 Å². The lowest BCUT2D eigenvalue weighted by molar-refractivity contribution is -0.00108. The van der Waals surface area contributed by atoms with Crippen LogP contribution in [0.3, 0.4) is 0 Å². The van der Waals surface area contributed by atoms with E-state index in [0.29, 0.717) is 5.56 Å². The highest BCUT2D eigenvalue weighted by atomic mass is 19.1. The van der Waals surface area contributed by atoms with E-state index in [1.165, 1.54) is 6.07 Å². The van der Waals surface area contributed by atoms with E-state index in [0.717, 1.165) is 28.5 Å². The number of aromatic hydroxyl groups is 1. The molecule has 0 aliphatic heterocycles. The Bertz CT molecular complexity index is 1090. The topological polar surface area (TPSA) is 38.7 Å². The summed E-state index contributed by atoms with van der Waals surface area (Å²) in [6.45, 7) is 0.0158. The molecule has 0 fully saturated rings. The van der Waals surface area contributed by atoms with E-state index in [1.807, 2.05) is 84.9 Å². The van der Waals surface area contributed by atoms with E-state index >= 15 is 0 Å². The van der Waals surface area contributed by atoms with E-state index in [-0.39, 0.29) is 12.4 Å². The fraction of sp³-hybridized carbons (Fsp3) is 0.111. The van der Waals surface area contributed by atoms with Crippen LogP contribution in [-0.4, -0.2) is 12.2 Å². The van der Waals surface area contributed by atoms with Crippen LogP contribution in [0.2, 0.25) is 0 Å². The Balaban J connectivity index is 1.88. The van der Waals surface area contributed by atoms with Crippen molar-refractivity contribution in [2.24, 2.45) is 0 Å². The van der Waals surface area contributed by atoms with Gasteiger partial charge in [-0.15, -0.1) is 0 Å². The van der Waals surface area contributed by atoms with Gasteiger partial charge >= 0.3 is 0 Å². The predicted octanol–water partition coefficient (Wildman–Crippen LogP) is 6.05. The van der Waals surface area contributed by atoms with Crippen molar-refractivity contribution in [3.63, 3.8) is 0 Å². The first-order chi connectivity index (χ1) is 15.1. The second kappa shape index (κ2) is 9.02. The summed E-state index contributed by atoms with van der Waals surface area (Å²) in [5.74, 6) is 0.113. The van der Waals surface area contributed by atoms with Gasteiger partial charge in [0.25, 0.3) is 0 Å². The van der Waals surface area contributed by atoms with Crippen molar-refractivity contribution < 1.29 is 19.0 Å². The van der Waals surface area contributed by atoms with Crippen molar-refractivity contribution in [3.05, 3.63) is 131 Å². The first-order valence-electron chi connectivity index (χ1n) is 10.0. The zero-order valence-electron chi connectivity index (χ0n) is 17.2. The summed E-state index contributed by atoms with van der Waals surface area (Å²) in [5.41, 5.74) is 2.13. The maximum atomic E-state index is 14.5. The third-order valence-corrected chi connectivity index (χ3v) is 5.34.